The van der Waals surface area contributed by atoms with Gasteiger partial charge in [0.05, 0.1) is 6.10 Å². The van der Waals surface area contributed by atoms with E-state index in [1.807, 2.05) is 24.3 Å². The Morgan fingerprint density at radius 2 is 2.28 bits per heavy atom. The van der Waals surface area contributed by atoms with E-state index in [0.29, 0.717) is 25.0 Å². The largest absolute Gasteiger partial charge is 0.393 e. The number of halogens is 1. The molecule has 0 saturated heterocycles. The highest BCUT2D eigenvalue weighted by Crippen LogP contribution is 2.14. The van der Waals surface area contributed by atoms with E-state index in [1.165, 1.54) is 6.08 Å². The fourth-order valence-electron chi connectivity index (χ4n) is 1.69. The van der Waals surface area contributed by atoms with E-state index in [4.69, 9.17) is 17.0 Å². The zero-order valence-electron chi connectivity index (χ0n) is 10.3. The van der Waals surface area contributed by atoms with Gasteiger partial charge in [-0.05, 0) is 43.4 Å². The van der Waals surface area contributed by atoms with Crippen LogP contribution in [0, 0.1) is 5.41 Å². The van der Waals surface area contributed by atoms with Crippen molar-refractivity contribution in [3.05, 3.63) is 53.2 Å². The van der Waals surface area contributed by atoms with Crippen molar-refractivity contribution in [1.82, 2.24) is 0 Å². The van der Waals surface area contributed by atoms with Crippen molar-refractivity contribution in [3.8, 4) is 0 Å². The summed E-state index contributed by atoms with van der Waals surface area (Å²) in [5.74, 6) is 0. The number of benzene rings is 1. The lowest BCUT2D eigenvalue weighted by Gasteiger charge is -2.10. The van der Waals surface area contributed by atoms with Crippen molar-refractivity contribution in [1.29, 1.82) is 5.41 Å². The van der Waals surface area contributed by atoms with Crippen molar-refractivity contribution < 1.29 is 5.11 Å². The van der Waals surface area contributed by atoms with Crippen molar-refractivity contribution in [2.45, 2.75) is 31.8 Å². The molecule has 2 N–H and O–H groups in total. The molecule has 1 atom stereocenters. The van der Waals surface area contributed by atoms with Crippen LogP contribution >= 0.6 is 11.6 Å². The monoisotopic (exact) mass is 263 g/mol. The molecule has 0 radical (unpaired) electrons. The number of hydrogen-bond acceptors (Lipinski definition) is 2. The molecule has 0 aliphatic rings. The molecule has 1 aromatic carbocycles. The van der Waals surface area contributed by atoms with Crippen LogP contribution in [-0.4, -0.2) is 16.9 Å². The zero-order chi connectivity index (χ0) is 13.4. The molecule has 0 bridgehead atoms. The van der Waals surface area contributed by atoms with E-state index in [1.54, 1.807) is 0 Å². The van der Waals surface area contributed by atoms with Crippen LogP contribution < -0.4 is 0 Å². The van der Waals surface area contributed by atoms with Gasteiger partial charge in [-0.25, -0.2) is 0 Å². The van der Waals surface area contributed by atoms with Gasteiger partial charge in [0.2, 0.25) is 0 Å². The Bertz CT molecular complexity index is 450. The van der Waals surface area contributed by atoms with Gasteiger partial charge in [-0.1, -0.05) is 30.3 Å². The van der Waals surface area contributed by atoms with Gasteiger partial charge in [0, 0.05) is 16.8 Å². The van der Waals surface area contributed by atoms with E-state index in [0.717, 1.165) is 17.0 Å². The molecule has 96 valence electrons. The van der Waals surface area contributed by atoms with Gasteiger partial charge in [0.1, 0.15) is 0 Å². The van der Waals surface area contributed by atoms with E-state index in [2.05, 4.69) is 12.3 Å². The SMILES string of the molecule is C=C=CC(=N)CCC(O)CCc1cccc(Cl)c1. The molecule has 2 nitrogen and oxygen atoms in total. The molecule has 0 saturated carbocycles. The Kier molecular flexibility index (Phi) is 6.45. The van der Waals surface area contributed by atoms with Gasteiger partial charge < -0.3 is 10.5 Å². The van der Waals surface area contributed by atoms with Crippen LogP contribution in [-0.2, 0) is 6.42 Å². The van der Waals surface area contributed by atoms with Crippen molar-refractivity contribution in [3.63, 3.8) is 0 Å². The van der Waals surface area contributed by atoms with E-state index < -0.39 is 0 Å². The summed E-state index contributed by atoms with van der Waals surface area (Å²) >= 11 is 5.89. The number of rotatable bonds is 7. The number of aryl methyl sites for hydroxylation is 1. The highest BCUT2D eigenvalue weighted by Gasteiger charge is 2.06. The fourth-order valence-corrected chi connectivity index (χ4v) is 1.90. The summed E-state index contributed by atoms with van der Waals surface area (Å²) in [7, 11) is 0. The maximum absolute atomic E-state index is 9.82. The van der Waals surface area contributed by atoms with Gasteiger partial charge in [0.15, 0.2) is 0 Å². The second-order valence-electron chi connectivity index (χ2n) is 4.23. The van der Waals surface area contributed by atoms with Crippen LogP contribution in [0.15, 0.2) is 42.7 Å². The summed E-state index contributed by atoms with van der Waals surface area (Å²) in [5, 5.41) is 18.1. The van der Waals surface area contributed by atoms with Gasteiger partial charge >= 0.3 is 0 Å². The number of allylic oxidation sites excluding steroid dienone is 1. The molecular weight excluding hydrogens is 246 g/mol. The average molecular weight is 264 g/mol. The predicted molar refractivity (Wildman–Crippen MR) is 76.5 cm³/mol. The summed E-state index contributed by atoms with van der Waals surface area (Å²) in [6.07, 6.45) is 3.78. The quantitative estimate of drug-likeness (QED) is 0.571. The normalized spacial score (nSPS) is 11.7. The Hall–Kier alpha value is -1.34. The fraction of sp³-hybridized carbons (Fsp3) is 0.333. The van der Waals surface area contributed by atoms with Crippen molar-refractivity contribution >= 4 is 17.3 Å². The molecule has 1 rings (SSSR count). The first-order valence-electron chi connectivity index (χ1n) is 5.97. The zero-order valence-corrected chi connectivity index (χ0v) is 11.1. The first-order chi connectivity index (χ1) is 8.61. The summed E-state index contributed by atoms with van der Waals surface area (Å²) in [4.78, 5) is 0. The first-order valence-corrected chi connectivity index (χ1v) is 6.35. The Morgan fingerprint density at radius 1 is 1.50 bits per heavy atom. The lowest BCUT2D eigenvalue weighted by atomic mass is 10.0. The molecule has 0 fully saturated rings. The number of aliphatic hydroxyl groups is 1. The Morgan fingerprint density at radius 3 is 2.94 bits per heavy atom. The topological polar surface area (TPSA) is 44.1 Å². The van der Waals surface area contributed by atoms with Crippen LogP contribution in [0.4, 0.5) is 0 Å². The Labute approximate surface area is 113 Å². The third kappa shape index (κ3) is 5.83. The molecule has 0 aromatic heterocycles. The summed E-state index contributed by atoms with van der Waals surface area (Å²) < 4.78 is 0. The molecule has 18 heavy (non-hydrogen) atoms. The van der Waals surface area contributed by atoms with E-state index >= 15 is 0 Å². The molecule has 0 heterocycles. The maximum atomic E-state index is 9.82. The van der Waals surface area contributed by atoms with Crippen LogP contribution in [0.2, 0.25) is 5.02 Å². The van der Waals surface area contributed by atoms with E-state index in [-0.39, 0.29) is 6.10 Å². The smallest absolute Gasteiger partial charge is 0.0547 e. The summed E-state index contributed by atoms with van der Waals surface area (Å²) in [6.45, 7) is 3.42. The molecule has 0 amide bonds. The Balaban J connectivity index is 2.31. The molecule has 3 heteroatoms. The third-order valence-electron chi connectivity index (χ3n) is 2.68. The van der Waals surface area contributed by atoms with Crippen LogP contribution in [0.5, 0.6) is 0 Å². The molecule has 1 aromatic rings. The molecule has 0 spiro atoms. The molecule has 0 aliphatic heterocycles. The highest BCUT2D eigenvalue weighted by atomic mass is 35.5. The minimum atomic E-state index is -0.387. The average Bonchev–Trinajstić information content (AvgIpc) is 2.34. The van der Waals surface area contributed by atoms with Crippen molar-refractivity contribution in [2.75, 3.05) is 0 Å². The minimum Gasteiger partial charge on any atom is -0.393 e. The molecule has 1 unspecified atom stereocenters. The predicted octanol–water partition coefficient (Wildman–Crippen LogP) is 3.77. The van der Waals surface area contributed by atoms with Crippen molar-refractivity contribution in [2.24, 2.45) is 0 Å². The van der Waals surface area contributed by atoms with E-state index in [9.17, 15) is 5.11 Å². The molecule has 0 aliphatic carbocycles. The number of hydrogen-bond donors (Lipinski definition) is 2. The number of nitrogens with one attached hydrogen (secondary N) is 1. The molecular formula is C15H18ClNO. The minimum absolute atomic E-state index is 0.387. The van der Waals surface area contributed by atoms with Gasteiger partial charge in [0.25, 0.3) is 0 Å². The second-order valence-corrected chi connectivity index (χ2v) is 4.67. The van der Waals surface area contributed by atoms with Crippen LogP contribution in [0.25, 0.3) is 0 Å². The van der Waals surface area contributed by atoms with Gasteiger partial charge in [-0.2, -0.15) is 0 Å². The lowest BCUT2D eigenvalue weighted by molar-refractivity contribution is 0.157. The standard InChI is InChI=1S/C15H18ClNO/c1-2-4-14(17)8-10-15(18)9-7-12-5-3-6-13(16)11-12/h3-6,11,15,17-18H,1,7-10H2. The van der Waals surface area contributed by atoms with Crippen LogP contribution in [0.1, 0.15) is 24.8 Å². The summed E-state index contributed by atoms with van der Waals surface area (Å²) in [5.41, 5.74) is 4.14. The lowest BCUT2D eigenvalue weighted by Crippen LogP contribution is -2.09. The highest BCUT2D eigenvalue weighted by molar-refractivity contribution is 6.30. The van der Waals surface area contributed by atoms with Gasteiger partial charge in [-0.3, -0.25) is 0 Å². The third-order valence-corrected chi connectivity index (χ3v) is 2.91. The summed E-state index contributed by atoms with van der Waals surface area (Å²) in [6, 6.07) is 7.66. The second kappa shape index (κ2) is 7.88. The van der Waals surface area contributed by atoms with Crippen LogP contribution in [0.3, 0.4) is 0 Å². The number of aliphatic hydroxyl groups excluding tert-OH is 1. The first kappa shape index (κ1) is 14.7. The maximum Gasteiger partial charge on any atom is 0.0547 e. The van der Waals surface area contributed by atoms with Gasteiger partial charge in [-0.15, -0.1) is 5.73 Å².